The second-order valence-corrected chi connectivity index (χ2v) is 8.33. The van der Waals surface area contributed by atoms with Gasteiger partial charge in [-0.05, 0) is 42.5 Å². The average Bonchev–Trinajstić information content (AvgIpc) is 2.79. The summed E-state index contributed by atoms with van der Waals surface area (Å²) >= 11 is 0. The molecule has 0 fully saturated rings. The second-order valence-electron chi connectivity index (χ2n) is 6.73. The summed E-state index contributed by atoms with van der Waals surface area (Å²) in [5.74, 6) is -0.293. The Hall–Kier alpha value is -3.97. The van der Waals surface area contributed by atoms with Crippen LogP contribution in [0.15, 0.2) is 124 Å². The molecule has 0 saturated carbocycles. The van der Waals surface area contributed by atoms with Gasteiger partial charge in [0.25, 0.3) is 10.0 Å². The molecular formula is C24H19N3O3S. The van der Waals surface area contributed by atoms with E-state index in [2.05, 4.69) is 15.0 Å². The van der Waals surface area contributed by atoms with Crippen molar-refractivity contribution >= 4 is 32.9 Å². The summed E-state index contributed by atoms with van der Waals surface area (Å²) in [5.41, 5.74) is 2.08. The maximum Gasteiger partial charge on any atom is 0.282 e. The molecule has 1 aliphatic rings. The number of hydrogen-bond donors (Lipinski definition) is 2. The van der Waals surface area contributed by atoms with Crippen LogP contribution in [0.4, 0.5) is 11.4 Å². The summed E-state index contributed by atoms with van der Waals surface area (Å²) in [5, 5.41) is 6.13. The molecule has 2 N–H and O–H groups in total. The van der Waals surface area contributed by atoms with Crippen LogP contribution in [0.25, 0.3) is 0 Å². The van der Waals surface area contributed by atoms with Crippen LogP contribution in [0.5, 0.6) is 0 Å². The summed E-state index contributed by atoms with van der Waals surface area (Å²) in [7, 11) is -3.98. The molecular weight excluding hydrogens is 410 g/mol. The number of ketones is 1. The van der Waals surface area contributed by atoms with Gasteiger partial charge in [0, 0.05) is 17.5 Å². The van der Waals surface area contributed by atoms with Crippen LogP contribution >= 0.6 is 0 Å². The first-order valence-electron chi connectivity index (χ1n) is 9.53. The van der Waals surface area contributed by atoms with Crippen molar-refractivity contribution in [3.05, 3.63) is 115 Å². The maximum atomic E-state index is 12.9. The van der Waals surface area contributed by atoms with E-state index in [4.69, 9.17) is 0 Å². The molecule has 0 saturated heterocycles. The van der Waals surface area contributed by atoms with Crippen LogP contribution < -0.4 is 10.6 Å². The second kappa shape index (κ2) is 8.81. The first kappa shape index (κ1) is 20.3. The average molecular weight is 430 g/mol. The number of para-hydroxylation sites is 2. The lowest BCUT2D eigenvalue weighted by Gasteiger charge is -2.18. The fraction of sp³-hybridized carbons (Fsp3) is 0. The molecule has 0 aromatic heterocycles. The number of allylic oxidation sites excluding steroid dienone is 2. The van der Waals surface area contributed by atoms with Crippen LogP contribution in [0.1, 0.15) is 0 Å². The first-order valence-corrected chi connectivity index (χ1v) is 11.0. The van der Waals surface area contributed by atoms with Crippen molar-refractivity contribution < 1.29 is 13.2 Å². The zero-order valence-corrected chi connectivity index (χ0v) is 17.2. The lowest BCUT2D eigenvalue weighted by atomic mass is 10.0. The largest absolute Gasteiger partial charge is 0.354 e. The van der Waals surface area contributed by atoms with E-state index in [1.54, 1.807) is 18.2 Å². The van der Waals surface area contributed by atoms with E-state index in [9.17, 15) is 13.2 Å². The van der Waals surface area contributed by atoms with Crippen molar-refractivity contribution in [2.75, 3.05) is 10.6 Å². The number of rotatable bonds is 6. The Labute approximate surface area is 180 Å². The molecule has 154 valence electrons. The number of sulfonamides is 1. The fourth-order valence-corrected chi connectivity index (χ4v) is 3.99. The van der Waals surface area contributed by atoms with Gasteiger partial charge in [-0.1, -0.05) is 54.6 Å². The summed E-state index contributed by atoms with van der Waals surface area (Å²) in [6, 6.07) is 26.3. The lowest BCUT2D eigenvalue weighted by molar-refractivity contribution is -0.111. The number of anilines is 2. The minimum absolute atomic E-state index is 0.0735. The Morgan fingerprint density at radius 2 is 1.10 bits per heavy atom. The van der Waals surface area contributed by atoms with Crippen molar-refractivity contribution in [1.29, 1.82) is 0 Å². The summed E-state index contributed by atoms with van der Waals surface area (Å²) < 4.78 is 29.8. The topological polar surface area (TPSA) is 87.6 Å². The van der Waals surface area contributed by atoms with E-state index < -0.39 is 10.0 Å². The van der Waals surface area contributed by atoms with Crippen LogP contribution in [0, 0.1) is 0 Å². The Bertz CT molecular complexity index is 1280. The van der Waals surface area contributed by atoms with Gasteiger partial charge in [0.2, 0.25) is 5.78 Å². The number of benzene rings is 3. The molecule has 0 bridgehead atoms. The minimum atomic E-state index is -3.98. The molecule has 3 aromatic carbocycles. The van der Waals surface area contributed by atoms with Gasteiger partial charge >= 0.3 is 0 Å². The number of nitrogens with zero attached hydrogens (tertiary/aromatic N) is 1. The van der Waals surface area contributed by atoms with E-state index in [0.717, 1.165) is 0 Å². The van der Waals surface area contributed by atoms with Crippen molar-refractivity contribution in [3.8, 4) is 0 Å². The van der Waals surface area contributed by atoms with E-state index >= 15 is 0 Å². The number of nitrogens with one attached hydrogen (secondary N) is 2. The van der Waals surface area contributed by atoms with E-state index in [1.165, 1.54) is 24.3 Å². The van der Waals surface area contributed by atoms with Crippen molar-refractivity contribution in [3.63, 3.8) is 0 Å². The van der Waals surface area contributed by atoms with Crippen LogP contribution in [-0.2, 0) is 14.8 Å². The fourth-order valence-electron chi connectivity index (χ4n) is 2.97. The zero-order chi connectivity index (χ0) is 21.7. The molecule has 0 spiro atoms. The van der Waals surface area contributed by atoms with Crippen LogP contribution in [0.3, 0.4) is 0 Å². The quantitative estimate of drug-likeness (QED) is 0.568. The Morgan fingerprint density at radius 3 is 1.65 bits per heavy atom. The third-order valence-electron chi connectivity index (χ3n) is 4.46. The molecule has 3 aromatic rings. The number of hydrogen-bond acceptors (Lipinski definition) is 5. The predicted octanol–water partition coefficient (Wildman–Crippen LogP) is 4.39. The van der Waals surface area contributed by atoms with Crippen molar-refractivity contribution in [2.45, 2.75) is 4.90 Å². The summed E-state index contributed by atoms with van der Waals surface area (Å²) in [6.45, 7) is 0. The summed E-state index contributed by atoms with van der Waals surface area (Å²) in [6.07, 6.45) is 2.79. The monoisotopic (exact) mass is 429 g/mol. The van der Waals surface area contributed by atoms with E-state index in [-0.39, 0.29) is 22.1 Å². The Kier molecular flexibility index (Phi) is 5.77. The van der Waals surface area contributed by atoms with Gasteiger partial charge in [-0.15, -0.1) is 0 Å². The van der Waals surface area contributed by atoms with Gasteiger partial charge < -0.3 is 10.6 Å². The predicted molar refractivity (Wildman–Crippen MR) is 122 cm³/mol. The molecule has 4 rings (SSSR count). The molecule has 1 aliphatic carbocycles. The maximum absolute atomic E-state index is 12.9. The van der Waals surface area contributed by atoms with Gasteiger partial charge in [0.15, 0.2) is 0 Å². The Balaban J connectivity index is 1.74. The van der Waals surface area contributed by atoms with Crippen LogP contribution in [-0.4, -0.2) is 19.9 Å². The van der Waals surface area contributed by atoms with Crippen molar-refractivity contribution in [2.24, 2.45) is 4.40 Å². The number of carbonyl (C=O) groups is 1. The highest BCUT2D eigenvalue weighted by atomic mass is 32.2. The molecule has 0 amide bonds. The lowest BCUT2D eigenvalue weighted by Crippen LogP contribution is -2.23. The molecule has 0 aliphatic heterocycles. The first-order chi connectivity index (χ1) is 15.0. The third-order valence-corrected chi connectivity index (χ3v) is 5.77. The molecule has 0 heterocycles. The molecule has 0 unspecified atom stereocenters. The molecule has 7 heteroatoms. The summed E-state index contributed by atoms with van der Waals surface area (Å²) in [4.78, 5) is 12.8. The SMILES string of the molecule is O=C1C=C(Nc2ccccc2)/C(=N/S(=O)(=O)c2ccccc2)C=C1Nc1ccccc1. The van der Waals surface area contributed by atoms with Gasteiger partial charge in [-0.3, -0.25) is 4.79 Å². The molecule has 0 atom stereocenters. The highest BCUT2D eigenvalue weighted by molar-refractivity contribution is 7.90. The van der Waals surface area contributed by atoms with Gasteiger partial charge in [0.05, 0.1) is 16.3 Å². The molecule has 6 nitrogen and oxygen atoms in total. The van der Waals surface area contributed by atoms with E-state index in [0.29, 0.717) is 17.1 Å². The third kappa shape index (κ3) is 4.96. The number of carbonyl (C=O) groups excluding carboxylic acids is 1. The Morgan fingerprint density at radius 1 is 0.613 bits per heavy atom. The van der Waals surface area contributed by atoms with Crippen LogP contribution in [0.2, 0.25) is 0 Å². The van der Waals surface area contributed by atoms with Crippen molar-refractivity contribution in [1.82, 2.24) is 0 Å². The molecule has 31 heavy (non-hydrogen) atoms. The van der Waals surface area contributed by atoms with Gasteiger partial charge in [-0.2, -0.15) is 12.8 Å². The minimum Gasteiger partial charge on any atom is -0.354 e. The highest BCUT2D eigenvalue weighted by Gasteiger charge is 2.22. The standard InChI is InChI=1S/C24H19N3O3S/c28-24-17-21(25-18-10-4-1-5-11-18)22(16-23(24)26-19-12-6-2-7-13-19)27-31(29,30)20-14-8-3-9-15-20/h1-17,25-26H/b27-22+. The normalized spacial score (nSPS) is 15.2. The van der Waals surface area contributed by atoms with Gasteiger partial charge in [-0.25, -0.2) is 0 Å². The molecule has 0 radical (unpaired) electrons. The van der Waals surface area contributed by atoms with Gasteiger partial charge in [0.1, 0.15) is 5.71 Å². The highest BCUT2D eigenvalue weighted by Crippen LogP contribution is 2.21. The zero-order valence-electron chi connectivity index (χ0n) is 16.4. The smallest absolute Gasteiger partial charge is 0.282 e. The van der Waals surface area contributed by atoms with E-state index in [1.807, 2.05) is 60.7 Å².